The Labute approximate surface area is 171 Å². The van der Waals surface area contributed by atoms with E-state index in [4.69, 9.17) is 4.52 Å². The van der Waals surface area contributed by atoms with Crippen LogP contribution in [0.2, 0.25) is 0 Å². The maximum absolute atomic E-state index is 4.97. The number of halogens is 1. The fraction of sp³-hybridized carbons (Fsp3) is 0.500. The van der Waals surface area contributed by atoms with Crippen LogP contribution in [-0.4, -0.2) is 47.2 Å². The van der Waals surface area contributed by atoms with Crippen LogP contribution in [0.15, 0.2) is 39.8 Å². The fourth-order valence-electron chi connectivity index (χ4n) is 3.04. The predicted octanol–water partition coefficient (Wildman–Crippen LogP) is 2.33. The number of nitrogens with one attached hydrogen (secondary N) is 2. The summed E-state index contributed by atoms with van der Waals surface area (Å²) in [4.78, 5) is 11.0. The maximum atomic E-state index is 4.97. The van der Waals surface area contributed by atoms with Gasteiger partial charge in [-0.15, -0.1) is 24.0 Å². The third-order valence-electron chi connectivity index (χ3n) is 4.38. The second kappa shape index (κ2) is 10.5. The molecule has 0 aliphatic carbocycles. The van der Waals surface area contributed by atoms with Gasteiger partial charge < -0.3 is 15.2 Å². The molecule has 2 aromatic rings. The van der Waals surface area contributed by atoms with E-state index in [1.54, 1.807) is 14.0 Å². The van der Waals surface area contributed by atoms with Gasteiger partial charge >= 0.3 is 0 Å². The van der Waals surface area contributed by atoms with Crippen molar-refractivity contribution >= 4 is 29.9 Å². The molecule has 1 aromatic heterocycles. The first-order valence-electron chi connectivity index (χ1n) is 8.75. The van der Waals surface area contributed by atoms with Crippen molar-refractivity contribution < 1.29 is 4.52 Å². The lowest BCUT2D eigenvalue weighted by molar-refractivity contribution is 0.198. The zero-order valence-electron chi connectivity index (χ0n) is 15.3. The van der Waals surface area contributed by atoms with Gasteiger partial charge in [0.2, 0.25) is 5.89 Å². The molecular weight excluding hydrogens is 443 g/mol. The van der Waals surface area contributed by atoms with Gasteiger partial charge in [0, 0.05) is 39.6 Å². The Morgan fingerprint density at radius 1 is 1.27 bits per heavy atom. The van der Waals surface area contributed by atoms with Crippen molar-refractivity contribution in [1.82, 2.24) is 25.7 Å². The normalized spacial score (nSPS) is 16.2. The van der Waals surface area contributed by atoms with Crippen molar-refractivity contribution in [3.63, 3.8) is 0 Å². The number of rotatable bonds is 5. The van der Waals surface area contributed by atoms with Gasteiger partial charge in [0.1, 0.15) is 0 Å². The first-order chi connectivity index (χ1) is 12.2. The number of guanidine groups is 1. The lowest BCUT2D eigenvalue weighted by Gasteiger charge is -2.33. The van der Waals surface area contributed by atoms with E-state index >= 15 is 0 Å². The van der Waals surface area contributed by atoms with Crippen LogP contribution in [0.3, 0.4) is 0 Å². The van der Waals surface area contributed by atoms with Gasteiger partial charge in [-0.3, -0.25) is 9.89 Å². The summed E-state index contributed by atoms with van der Waals surface area (Å²) < 4.78 is 4.97. The third-order valence-corrected chi connectivity index (χ3v) is 4.38. The van der Waals surface area contributed by atoms with Crippen LogP contribution in [0.5, 0.6) is 0 Å². The summed E-state index contributed by atoms with van der Waals surface area (Å²) in [5.74, 6) is 1.99. The number of piperidine rings is 1. The molecular formula is C18H27IN6O. The van der Waals surface area contributed by atoms with E-state index in [0.717, 1.165) is 38.4 Å². The fourth-order valence-corrected chi connectivity index (χ4v) is 3.04. The number of aromatic nitrogens is 2. The van der Waals surface area contributed by atoms with Gasteiger partial charge in [0.25, 0.3) is 0 Å². The number of aryl methyl sites for hydroxylation is 1. The molecule has 2 heterocycles. The summed E-state index contributed by atoms with van der Waals surface area (Å²) in [7, 11) is 1.78. The van der Waals surface area contributed by atoms with Crippen LogP contribution < -0.4 is 10.6 Å². The molecule has 0 radical (unpaired) electrons. The van der Waals surface area contributed by atoms with Crippen LogP contribution in [0, 0.1) is 6.92 Å². The summed E-state index contributed by atoms with van der Waals surface area (Å²) in [5, 5.41) is 10.6. The van der Waals surface area contributed by atoms with Crippen molar-refractivity contribution in [2.45, 2.75) is 38.9 Å². The van der Waals surface area contributed by atoms with Crippen LogP contribution in [-0.2, 0) is 13.1 Å². The molecule has 7 nitrogen and oxygen atoms in total. The second-order valence-corrected chi connectivity index (χ2v) is 6.34. The van der Waals surface area contributed by atoms with E-state index in [9.17, 15) is 0 Å². The molecule has 2 N–H and O–H groups in total. The van der Waals surface area contributed by atoms with Crippen LogP contribution in [0.25, 0.3) is 0 Å². The molecule has 3 rings (SSSR count). The summed E-state index contributed by atoms with van der Waals surface area (Å²) in [6.45, 7) is 5.50. The molecule has 1 aliphatic heterocycles. The highest BCUT2D eigenvalue weighted by atomic mass is 127. The molecule has 8 heteroatoms. The molecule has 0 unspecified atom stereocenters. The molecule has 1 fully saturated rings. The predicted molar refractivity (Wildman–Crippen MR) is 113 cm³/mol. The topological polar surface area (TPSA) is 78.6 Å². The Bertz CT molecular complexity index is 682. The molecule has 0 spiro atoms. The number of nitrogens with zero attached hydrogens (tertiary/aromatic N) is 4. The average Bonchev–Trinajstić information content (AvgIpc) is 3.06. The molecule has 0 atom stereocenters. The molecule has 0 bridgehead atoms. The van der Waals surface area contributed by atoms with Gasteiger partial charge in [-0.1, -0.05) is 35.5 Å². The van der Waals surface area contributed by atoms with Gasteiger partial charge in [-0.2, -0.15) is 4.98 Å². The van der Waals surface area contributed by atoms with Crippen LogP contribution in [0.1, 0.15) is 30.1 Å². The molecule has 1 saturated heterocycles. The minimum atomic E-state index is 0. The van der Waals surface area contributed by atoms with E-state index in [1.807, 2.05) is 0 Å². The maximum Gasteiger partial charge on any atom is 0.223 e. The number of benzene rings is 1. The smallest absolute Gasteiger partial charge is 0.223 e. The first kappa shape index (κ1) is 20.6. The summed E-state index contributed by atoms with van der Waals surface area (Å²) >= 11 is 0. The zero-order chi connectivity index (χ0) is 17.5. The number of hydrogen-bond acceptors (Lipinski definition) is 5. The van der Waals surface area contributed by atoms with E-state index < -0.39 is 0 Å². The first-order valence-corrected chi connectivity index (χ1v) is 8.75. The molecule has 1 aromatic carbocycles. The number of hydrogen-bond donors (Lipinski definition) is 2. The third kappa shape index (κ3) is 6.24. The Morgan fingerprint density at radius 2 is 2.00 bits per heavy atom. The highest BCUT2D eigenvalue weighted by Gasteiger charge is 2.20. The highest BCUT2D eigenvalue weighted by Crippen LogP contribution is 2.13. The second-order valence-electron chi connectivity index (χ2n) is 6.34. The van der Waals surface area contributed by atoms with Crippen molar-refractivity contribution in [2.24, 2.45) is 4.99 Å². The van der Waals surface area contributed by atoms with Gasteiger partial charge in [0.05, 0.1) is 6.54 Å². The summed E-state index contributed by atoms with van der Waals surface area (Å²) in [5.41, 5.74) is 1.38. The minimum absolute atomic E-state index is 0. The average molecular weight is 470 g/mol. The molecule has 0 saturated carbocycles. The number of likely N-dealkylation sites (tertiary alicyclic amines) is 1. The zero-order valence-corrected chi connectivity index (χ0v) is 17.6. The Balaban J connectivity index is 0.00000243. The lowest BCUT2D eigenvalue weighted by Crippen LogP contribution is -2.48. The van der Waals surface area contributed by atoms with Gasteiger partial charge in [-0.25, -0.2) is 0 Å². The summed E-state index contributed by atoms with van der Waals surface area (Å²) in [6, 6.07) is 11.1. The standard InChI is InChI=1S/C18H26N6O.HI/c1-14-21-17(23-25-14)12-20-18(19-2)22-16-8-10-24(11-9-16)13-15-6-4-3-5-7-15;/h3-7,16H,8-13H2,1-2H3,(H2,19,20,22);1H. The largest absolute Gasteiger partial charge is 0.354 e. The quantitative estimate of drug-likeness (QED) is 0.397. The van der Waals surface area contributed by atoms with Crippen LogP contribution >= 0.6 is 24.0 Å². The summed E-state index contributed by atoms with van der Waals surface area (Å²) in [6.07, 6.45) is 2.21. The van der Waals surface area contributed by atoms with E-state index in [0.29, 0.717) is 24.3 Å². The van der Waals surface area contributed by atoms with Gasteiger partial charge in [0.15, 0.2) is 11.8 Å². The van der Waals surface area contributed by atoms with Crippen molar-refractivity contribution in [3.8, 4) is 0 Å². The molecule has 142 valence electrons. The SMILES string of the molecule is CN=C(NCc1noc(C)n1)NC1CCN(Cc2ccccc2)CC1.I. The Hall–Kier alpha value is -1.68. The lowest BCUT2D eigenvalue weighted by atomic mass is 10.0. The van der Waals surface area contributed by atoms with Crippen molar-refractivity contribution in [3.05, 3.63) is 47.6 Å². The van der Waals surface area contributed by atoms with Crippen molar-refractivity contribution in [1.29, 1.82) is 0 Å². The Morgan fingerprint density at radius 3 is 2.62 bits per heavy atom. The molecule has 26 heavy (non-hydrogen) atoms. The van der Waals surface area contributed by atoms with E-state index in [1.165, 1.54) is 5.56 Å². The van der Waals surface area contributed by atoms with E-state index in [2.05, 4.69) is 61.0 Å². The monoisotopic (exact) mass is 470 g/mol. The molecule has 0 amide bonds. The highest BCUT2D eigenvalue weighted by molar-refractivity contribution is 14.0. The number of aliphatic imine (C=N–C) groups is 1. The van der Waals surface area contributed by atoms with E-state index in [-0.39, 0.29) is 24.0 Å². The Kier molecular flexibility index (Phi) is 8.30. The van der Waals surface area contributed by atoms with Gasteiger partial charge in [-0.05, 0) is 18.4 Å². The van der Waals surface area contributed by atoms with Crippen molar-refractivity contribution in [2.75, 3.05) is 20.1 Å². The minimum Gasteiger partial charge on any atom is -0.354 e. The molecule has 1 aliphatic rings. The van der Waals surface area contributed by atoms with Crippen LogP contribution in [0.4, 0.5) is 0 Å².